The Morgan fingerprint density at radius 1 is 0.972 bits per heavy atom. The van der Waals surface area contributed by atoms with Gasteiger partial charge in [-0.2, -0.15) is 5.26 Å². The van der Waals surface area contributed by atoms with Crippen LogP contribution in [0.25, 0.3) is 10.9 Å². The molecular weight excluding hydrogens is 448 g/mol. The number of benzene rings is 1. The smallest absolute Gasteiger partial charge is 0.128 e. The zero-order valence-electron chi connectivity index (χ0n) is 21.0. The monoisotopic (exact) mass is 482 g/mol. The topological polar surface area (TPSA) is 74.6 Å². The van der Waals surface area contributed by atoms with Crippen LogP contribution in [0.3, 0.4) is 0 Å². The van der Waals surface area contributed by atoms with Crippen molar-refractivity contribution in [1.82, 2.24) is 25.1 Å². The average Bonchev–Trinajstić information content (AvgIpc) is 2.93. The third-order valence-corrected chi connectivity index (χ3v) is 7.96. The molecule has 1 unspecified atom stereocenters. The summed E-state index contributed by atoms with van der Waals surface area (Å²) in [5.41, 5.74) is 3.98. The summed E-state index contributed by atoms with van der Waals surface area (Å²) in [5, 5.41) is 14.0. The van der Waals surface area contributed by atoms with Crippen LogP contribution in [-0.2, 0) is 6.54 Å². The van der Waals surface area contributed by atoms with Crippen molar-refractivity contribution in [3.05, 3.63) is 59.9 Å². The van der Waals surface area contributed by atoms with E-state index in [4.69, 9.17) is 0 Å². The van der Waals surface area contributed by atoms with E-state index in [2.05, 4.69) is 72.1 Å². The molecule has 0 spiro atoms. The van der Waals surface area contributed by atoms with E-state index in [0.29, 0.717) is 17.6 Å². The van der Waals surface area contributed by atoms with Gasteiger partial charge in [0.1, 0.15) is 11.9 Å². The lowest BCUT2D eigenvalue weighted by molar-refractivity contribution is 0.0318. The lowest BCUT2D eigenvalue weighted by Crippen LogP contribution is -2.65. The quantitative estimate of drug-likeness (QED) is 0.607. The fraction of sp³-hybridized carbons (Fsp3) is 0.464. The summed E-state index contributed by atoms with van der Waals surface area (Å²) in [7, 11) is 0. The molecule has 0 bridgehead atoms. The predicted octanol–water partition coefficient (Wildman–Crippen LogP) is 2.31. The molecule has 0 saturated carbocycles. The number of aromatic nitrogens is 2. The Morgan fingerprint density at radius 3 is 2.72 bits per heavy atom. The molecule has 186 valence electrons. The first-order valence-electron chi connectivity index (χ1n) is 13.1. The Balaban J connectivity index is 1.18. The minimum absolute atomic E-state index is 0.472. The number of hydrogen-bond donors (Lipinski definition) is 1. The highest BCUT2D eigenvalue weighted by molar-refractivity contribution is 5.95. The number of nitrogens with zero attached hydrogens (tertiary/aromatic N) is 7. The SMILES string of the molecule is C[C@@H]1CN(c2ccc(C#N)c3ncccc23)CC2CN(Cc3ccnc(N4CCNCC4)c3)CCN21. The number of nitrogens with one attached hydrogen (secondary N) is 1. The fourth-order valence-electron chi connectivity index (χ4n) is 6.18. The van der Waals surface area contributed by atoms with E-state index in [-0.39, 0.29) is 0 Å². The highest BCUT2D eigenvalue weighted by Crippen LogP contribution is 2.32. The van der Waals surface area contributed by atoms with Crippen molar-refractivity contribution in [2.75, 3.05) is 68.7 Å². The van der Waals surface area contributed by atoms with E-state index in [9.17, 15) is 5.26 Å². The van der Waals surface area contributed by atoms with Gasteiger partial charge in [-0.05, 0) is 48.9 Å². The molecule has 0 aliphatic carbocycles. The highest BCUT2D eigenvalue weighted by atomic mass is 15.4. The normalized spacial score (nSPS) is 23.4. The van der Waals surface area contributed by atoms with Gasteiger partial charge in [0.25, 0.3) is 0 Å². The largest absolute Gasteiger partial charge is 0.368 e. The van der Waals surface area contributed by atoms with Crippen LogP contribution in [-0.4, -0.2) is 90.8 Å². The van der Waals surface area contributed by atoms with E-state index >= 15 is 0 Å². The Morgan fingerprint density at radius 2 is 1.86 bits per heavy atom. The van der Waals surface area contributed by atoms with E-state index in [1.165, 1.54) is 11.3 Å². The molecule has 1 N–H and O–H groups in total. The van der Waals surface area contributed by atoms with Gasteiger partial charge in [0.15, 0.2) is 0 Å². The molecule has 2 aromatic heterocycles. The van der Waals surface area contributed by atoms with Gasteiger partial charge in [-0.1, -0.05) is 0 Å². The summed E-state index contributed by atoms with van der Waals surface area (Å²) in [5.74, 6) is 1.10. The number of pyridine rings is 2. The van der Waals surface area contributed by atoms with Crippen molar-refractivity contribution in [1.29, 1.82) is 5.26 Å². The minimum Gasteiger partial charge on any atom is -0.368 e. The van der Waals surface area contributed by atoms with E-state index in [1.54, 1.807) is 6.20 Å². The second-order valence-corrected chi connectivity index (χ2v) is 10.3. The molecule has 3 fully saturated rings. The molecule has 1 aromatic carbocycles. The maximum atomic E-state index is 9.55. The zero-order chi connectivity index (χ0) is 24.5. The number of rotatable bonds is 4. The number of anilines is 2. The standard InChI is InChI=1S/C28H34N8/c1-21-17-35(26-5-4-23(16-29)28-25(26)3-2-7-32-28)20-24-19-33(13-14-36(21)24)18-22-6-8-31-27(15-22)34-11-9-30-10-12-34/h2-8,15,21,24,30H,9-14,17-20H2,1H3/t21-,24?/m1/s1. The molecule has 0 amide bonds. The molecular formula is C28H34N8. The number of hydrogen-bond acceptors (Lipinski definition) is 8. The zero-order valence-corrected chi connectivity index (χ0v) is 21.0. The van der Waals surface area contributed by atoms with Crippen molar-refractivity contribution in [2.24, 2.45) is 0 Å². The summed E-state index contributed by atoms with van der Waals surface area (Å²) in [6.07, 6.45) is 3.75. The number of piperazine rings is 3. The lowest BCUT2D eigenvalue weighted by Gasteiger charge is -2.51. The highest BCUT2D eigenvalue weighted by Gasteiger charge is 2.36. The maximum Gasteiger partial charge on any atom is 0.128 e. The van der Waals surface area contributed by atoms with Crippen LogP contribution < -0.4 is 15.1 Å². The summed E-state index contributed by atoms with van der Waals surface area (Å²) < 4.78 is 0. The second-order valence-electron chi connectivity index (χ2n) is 10.3. The van der Waals surface area contributed by atoms with Crippen LogP contribution >= 0.6 is 0 Å². The summed E-state index contributed by atoms with van der Waals surface area (Å²) >= 11 is 0. The van der Waals surface area contributed by atoms with Crippen LogP contribution in [0, 0.1) is 11.3 Å². The molecule has 8 nitrogen and oxygen atoms in total. The molecule has 2 atom stereocenters. The average molecular weight is 483 g/mol. The van der Waals surface area contributed by atoms with Crippen molar-refractivity contribution in [3.8, 4) is 6.07 Å². The van der Waals surface area contributed by atoms with E-state index < -0.39 is 0 Å². The fourth-order valence-corrected chi connectivity index (χ4v) is 6.18. The third kappa shape index (κ3) is 4.50. The van der Waals surface area contributed by atoms with Crippen LogP contribution in [0.2, 0.25) is 0 Å². The van der Waals surface area contributed by atoms with Gasteiger partial charge in [-0.25, -0.2) is 4.98 Å². The van der Waals surface area contributed by atoms with Gasteiger partial charge in [-0.3, -0.25) is 14.8 Å². The minimum atomic E-state index is 0.472. The van der Waals surface area contributed by atoms with Crippen LogP contribution in [0.5, 0.6) is 0 Å². The molecule has 0 radical (unpaired) electrons. The van der Waals surface area contributed by atoms with Gasteiger partial charge in [0.05, 0.1) is 11.1 Å². The first kappa shape index (κ1) is 23.2. The number of fused-ring (bicyclic) bond motifs is 2. The first-order chi connectivity index (χ1) is 17.7. The van der Waals surface area contributed by atoms with Gasteiger partial charge in [0.2, 0.25) is 0 Å². The van der Waals surface area contributed by atoms with E-state index in [0.717, 1.165) is 82.2 Å². The summed E-state index contributed by atoms with van der Waals surface area (Å²) in [4.78, 5) is 19.4. The molecule has 5 heterocycles. The Kier molecular flexibility index (Phi) is 6.45. The molecule has 3 aliphatic rings. The Hall–Kier alpha value is -3.25. The van der Waals surface area contributed by atoms with E-state index in [1.807, 2.05) is 18.3 Å². The Bertz CT molecular complexity index is 1260. The molecule has 6 rings (SSSR count). The van der Waals surface area contributed by atoms with Crippen molar-refractivity contribution in [3.63, 3.8) is 0 Å². The molecule has 3 aliphatic heterocycles. The maximum absolute atomic E-state index is 9.55. The number of nitriles is 1. The molecule has 8 heteroatoms. The predicted molar refractivity (Wildman–Crippen MR) is 143 cm³/mol. The molecule has 36 heavy (non-hydrogen) atoms. The van der Waals surface area contributed by atoms with Crippen LogP contribution in [0.4, 0.5) is 11.5 Å². The summed E-state index contributed by atoms with van der Waals surface area (Å²) in [6.45, 7) is 12.6. The van der Waals surface area contributed by atoms with Gasteiger partial charge >= 0.3 is 0 Å². The van der Waals surface area contributed by atoms with Crippen LogP contribution in [0.1, 0.15) is 18.1 Å². The first-order valence-corrected chi connectivity index (χ1v) is 13.1. The molecule has 3 saturated heterocycles. The van der Waals surface area contributed by atoms with Gasteiger partial charge in [0, 0.05) is 101 Å². The van der Waals surface area contributed by atoms with Gasteiger partial charge in [-0.15, -0.1) is 0 Å². The van der Waals surface area contributed by atoms with Crippen molar-refractivity contribution < 1.29 is 0 Å². The van der Waals surface area contributed by atoms with Gasteiger partial charge < -0.3 is 15.1 Å². The Labute approximate surface area is 213 Å². The third-order valence-electron chi connectivity index (χ3n) is 7.96. The lowest BCUT2D eigenvalue weighted by atomic mass is 10.0. The molecule has 3 aromatic rings. The van der Waals surface area contributed by atoms with Crippen LogP contribution in [0.15, 0.2) is 48.8 Å². The van der Waals surface area contributed by atoms with Crippen molar-refractivity contribution in [2.45, 2.75) is 25.6 Å². The summed E-state index contributed by atoms with van der Waals surface area (Å²) in [6, 6.07) is 15.8. The van der Waals surface area contributed by atoms with Crippen molar-refractivity contribution >= 4 is 22.4 Å². The second kappa shape index (κ2) is 10.0.